The Morgan fingerprint density at radius 3 is 2.87 bits per heavy atom. The molecule has 0 bridgehead atoms. The molecule has 0 amide bonds. The third-order valence-electron chi connectivity index (χ3n) is 3.13. The van der Waals surface area contributed by atoms with Crippen molar-refractivity contribution < 1.29 is 0 Å². The van der Waals surface area contributed by atoms with Crippen molar-refractivity contribution in [2.45, 2.75) is 51.7 Å². The average molecular weight is 208 g/mol. The fourth-order valence-electron chi connectivity index (χ4n) is 1.94. The van der Waals surface area contributed by atoms with Crippen LogP contribution in [0.5, 0.6) is 0 Å². The van der Waals surface area contributed by atoms with Crippen molar-refractivity contribution in [3.05, 3.63) is 12.7 Å². The molecule has 1 aliphatic carbocycles. The van der Waals surface area contributed by atoms with Crippen molar-refractivity contribution in [3.63, 3.8) is 0 Å². The van der Waals surface area contributed by atoms with E-state index in [9.17, 15) is 0 Å². The lowest BCUT2D eigenvalue weighted by Crippen LogP contribution is -2.36. The van der Waals surface area contributed by atoms with Gasteiger partial charge < -0.3 is 5.32 Å². The Balaban J connectivity index is 1.65. The summed E-state index contributed by atoms with van der Waals surface area (Å²) in [4.78, 5) is 3.93. The Hall–Kier alpha value is -0.900. The minimum absolute atomic E-state index is 0.560. The van der Waals surface area contributed by atoms with Crippen LogP contribution in [-0.2, 0) is 6.54 Å². The van der Waals surface area contributed by atoms with Crippen molar-refractivity contribution >= 4 is 0 Å². The number of rotatable bonds is 6. The second-order valence-electron chi connectivity index (χ2n) is 4.64. The molecule has 0 saturated heterocycles. The zero-order valence-corrected chi connectivity index (χ0v) is 9.56. The molecule has 4 nitrogen and oxygen atoms in total. The molecule has 1 heterocycles. The first kappa shape index (κ1) is 10.6. The molecule has 2 rings (SSSR count). The van der Waals surface area contributed by atoms with Crippen LogP contribution >= 0.6 is 0 Å². The second-order valence-corrected chi connectivity index (χ2v) is 4.64. The molecule has 0 aromatic carbocycles. The molecule has 4 heteroatoms. The smallest absolute Gasteiger partial charge is 0.137 e. The fourth-order valence-corrected chi connectivity index (χ4v) is 1.94. The minimum Gasteiger partial charge on any atom is -0.311 e. The zero-order chi connectivity index (χ0) is 10.7. The summed E-state index contributed by atoms with van der Waals surface area (Å²) in [6.07, 6.45) is 7.29. The van der Waals surface area contributed by atoms with Gasteiger partial charge in [-0.2, -0.15) is 5.10 Å². The van der Waals surface area contributed by atoms with Gasteiger partial charge in [-0.1, -0.05) is 0 Å². The van der Waals surface area contributed by atoms with Crippen LogP contribution in [0, 0.1) is 5.92 Å². The van der Waals surface area contributed by atoms with E-state index in [-0.39, 0.29) is 0 Å². The summed E-state index contributed by atoms with van der Waals surface area (Å²) in [5.74, 6) is 0.929. The maximum Gasteiger partial charge on any atom is 0.137 e. The zero-order valence-electron chi connectivity index (χ0n) is 9.56. The van der Waals surface area contributed by atoms with Crippen molar-refractivity contribution in [2.24, 2.45) is 5.92 Å². The monoisotopic (exact) mass is 208 g/mol. The number of hydrogen-bond acceptors (Lipinski definition) is 3. The van der Waals surface area contributed by atoms with Crippen LogP contribution in [0.25, 0.3) is 0 Å². The predicted octanol–water partition coefficient (Wildman–Crippen LogP) is 1.44. The first-order valence-electron chi connectivity index (χ1n) is 5.84. The summed E-state index contributed by atoms with van der Waals surface area (Å²) in [5.41, 5.74) is 0. The van der Waals surface area contributed by atoms with E-state index in [1.807, 2.05) is 4.68 Å². The highest BCUT2D eigenvalue weighted by Crippen LogP contribution is 2.32. The molecule has 2 unspecified atom stereocenters. The van der Waals surface area contributed by atoms with Crippen LogP contribution in [0.1, 0.15) is 33.1 Å². The second kappa shape index (κ2) is 4.75. The lowest BCUT2D eigenvalue weighted by Gasteiger charge is -2.19. The Kier molecular flexibility index (Phi) is 3.36. The molecule has 1 aromatic heterocycles. The molecule has 0 spiro atoms. The van der Waals surface area contributed by atoms with E-state index < -0.39 is 0 Å². The topological polar surface area (TPSA) is 42.7 Å². The van der Waals surface area contributed by atoms with Gasteiger partial charge in [0.05, 0.1) is 0 Å². The minimum atomic E-state index is 0.560. The van der Waals surface area contributed by atoms with Crippen LogP contribution in [0.3, 0.4) is 0 Å². The summed E-state index contributed by atoms with van der Waals surface area (Å²) in [6.45, 7) is 5.49. The standard InChI is InChI=1S/C11H20N4/c1-9(14-10(2)11-3-4-11)5-6-15-8-12-7-13-15/h7-11,14H,3-6H2,1-2H3. The van der Waals surface area contributed by atoms with Gasteiger partial charge in [0.25, 0.3) is 0 Å². The Labute approximate surface area is 91.1 Å². The number of aromatic nitrogens is 3. The molecular formula is C11H20N4. The summed E-state index contributed by atoms with van der Waals surface area (Å²) >= 11 is 0. The van der Waals surface area contributed by atoms with Gasteiger partial charge in [0.2, 0.25) is 0 Å². The van der Waals surface area contributed by atoms with Gasteiger partial charge in [0.1, 0.15) is 12.7 Å². The van der Waals surface area contributed by atoms with Crippen molar-refractivity contribution in [2.75, 3.05) is 0 Å². The van der Waals surface area contributed by atoms with E-state index in [0.29, 0.717) is 12.1 Å². The largest absolute Gasteiger partial charge is 0.311 e. The van der Waals surface area contributed by atoms with Crippen molar-refractivity contribution in [1.82, 2.24) is 20.1 Å². The maximum atomic E-state index is 4.09. The molecule has 1 fully saturated rings. The predicted molar refractivity (Wildman–Crippen MR) is 59.4 cm³/mol. The Morgan fingerprint density at radius 2 is 2.27 bits per heavy atom. The number of nitrogens with one attached hydrogen (secondary N) is 1. The highest BCUT2D eigenvalue weighted by Gasteiger charge is 2.28. The van der Waals surface area contributed by atoms with Crippen molar-refractivity contribution in [3.8, 4) is 0 Å². The molecule has 1 aromatic rings. The van der Waals surface area contributed by atoms with Crippen LogP contribution in [0.2, 0.25) is 0 Å². The highest BCUT2D eigenvalue weighted by atomic mass is 15.3. The summed E-state index contributed by atoms with van der Waals surface area (Å²) in [5, 5.41) is 7.74. The highest BCUT2D eigenvalue weighted by molar-refractivity contribution is 4.84. The van der Waals surface area contributed by atoms with Gasteiger partial charge >= 0.3 is 0 Å². The molecule has 84 valence electrons. The summed E-state index contributed by atoms with van der Waals surface area (Å²) in [6, 6.07) is 1.24. The molecular weight excluding hydrogens is 188 g/mol. The van der Waals surface area contributed by atoms with Crippen molar-refractivity contribution in [1.29, 1.82) is 0 Å². The molecule has 0 aliphatic heterocycles. The first-order chi connectivity index (χ1) is 7.25. The Bertz CT molecular complexity index is 279. The van der Waals surface area contributed by atoms with E-state index in [2.05, 4.69) is 29.2 Å². The van der Waals surface area contributed by atoms with Gasteiger partial charge in [-0.05, 0) is 39.0 Å². The van der Waals surface area contributed by atoms with Gasteiger partial charge in [0.15, 0.2) is 0 Å². The summed E-state index contributed by atoms with van der Waals surface area (Å²) in [7, 11) is 0. The third-order valence-corrected chi connectivity index (χ3v) is 3.13. The molecule has 15 heavy (non-hydrogen) atoms. The first-order valence-corrected chi connectivity index (χ1v) is 5.84. The van der Waals surface area contributed by atoms with E-state index in [1.54, 1.807) is 12.7 Å². The lowest BCUT2D eigenvalue weighted by atomic mass is 10.1. The Morgan fingerprint density at radius 1 is 1.47 bits per heavy atom. The van der Waals surface area contributed by atoms with Gasteiger partial charge in [-0.25, -0.2) is 4.98 Å². The molecule has 1 saturated carbocycles. The van der Waals surface area contributed by atoms with Gasteiger partial charge in [-0.3, -0.25) is 4.68 Å². The fraction of sp³-hybridized carbons (Fsp3) is 0.818. The van der Waals surface area contributed by atoms with Crippen LogP contribution in [0.4, 0.5) is 0 Å². The van der Waals surface area contributed by atoms with Crippen LogP contribution in [-0.4, -0.2) is 26.8 Å². The van der Waals surface area contributed by atoms with Crippen LogP contribution in [0.15, 0.2) is 12.7 Å². The maximum absolute atomic E-state index is 4.09. The van der Waals surface area contributed by atoms with Crippen LogP contribution < -0.4 is 5.32 Å². The van der Waals surface area contributed by atoms with E-state index in [0.717, 1.165) is 18.9 Å². The third kappa shape index (κ3) is 3.30. The SMILES string of the molecule is CC(CCn1cncn1)NC(C)C1CC1. The van der Waals surface area contributed by atoms with E-state index in [1.165, 1.54) is 12.8 Å². The quantitative estimate of drug-likeness (QED) is 0.769. The normalized spacial score (nSPS) is 20.1. The summed E-state index contributed by atoms with van der Waals surface area (Å²) < 4.78 is 1.89. The molecule has 1 aliphatic rings. The number of hydrogen-bond donors (Lipinski definition) is 1. The van der Waals surface area contributed by atoms with Gasteiger partial charge in [-0.15, -0.1) is 0 Å². The van der Waals surface area contributed by atoms with E-state index in [4.69, 9.17) is 0 Å². The number of nitrogens with zero attached hydrogens (tertiary/aromatic N) is 3. The lowest BCUT2D eigenvalue weighted by molar-refractivity contribution is 0.393. The average Bonchev–Trinajstić information content (AvgIpc) is 2.93. The van der Waals surface area contributed by atoms with E-state index >= 15 is 0 Å². The number of aryl methyl sites for hydroxylation is 1. The molecule has 2 atom stereocenters. The molecule has 1 N–H and O–H groups in total. The van der Waals surface area contributed by atoms with Gasteiger partial charge in [0, 0.05) is 18.6 Å². The molecule has 0 radical (unpaired) electrons.